The molecule has 0 heterocycles. The third-order valence-corrected chi connectivity index (χ3v) is 3.29. The Morgan fingerprint density at radius 3 is 2.14 bits per heavy atom. The smallest absolute Gasteiger partial charge is 0.408 e. The molecule has 1 amide bonds. The quantitative estimate of drug-likeness (QED) is 0.841. The first-order valence-electron chi connectivity index (χ1n) is 6.38. The lowest BCUT2D eigenvalue weighted by molar-refractivity contribution is -0.112. The van der Waals surface area contributed by atoms with Crippen LogP contribution in [0.2, 0.25) is 0 Å². The van der Waals surface area contributed by atoms with Gasteiger partial charge in [-0.2, -0.15) is 0 Å². The molecule has 108 valence electrons. The molecule has 0 saturated carbocycles. The van der Waals surface area contributed by atoms with Gasteiger partial charge < -0.3 is 10.1 Å². The Kier molecular flexibility index (Phi) is 5.51. The molecule has 0 radical (unpaired) electrons. The zero-order chi connectivity index (χ0) is 15.1. The fourth-order valence-electron chi connectivity index (χ4n) is 1.80. The summed E-state index contributed by atoms with van der Waals surface area (Å²) in [6.07, 6.45) is -0.638. The molecule has 1 atom stereocenters. The lowest BCUT2D eigenvalue weighted by Crippen LogP contribution is -2.32. The van der Waals surface area contributed by atoms with Crippen LogP contribution >= 0.6 is 15.9 Å². The summed E-state index contributed by atoms with van der Waals surface area (Å²) >= 11 is 2.89. The van der Waals surface area contributed by atoms with Crippen LogP contribution in [0.25, 0.3) is 0 Å². The molecule has 2 rings (SSSR count). The summed E-state index contributed by atoms with van der Waals surface area (Å²) in [6, 6.07) is 17.5. The van der Waals surface area contributed by atoms with Crippen LogP contribution in [0, 0.1) is 0 Å². The van der Waals surface area contributed by atoms with E-state index >= 15 is 0 Å². The number of carbonyl (C=O) groups excluding carboxylic acids is 2. The van der Waals surface area contributed by atoms with E-state index in [9.17, 15) is 9.59 Å². The SMILES string of the molecule is O=C(NC(C(=O)Br)c1ccccc1)OCc1ccccc1. The molecule has 0 spiro atoms. The van der Waals surface area contributed by atoms with Crippen LogP contribution in [0.3, 0.4) is 0 Å². The first-order valence-corrected chi connectivity index (χ1v) is 7.17. The van der Waals surface area contributed by atoms with Gasteiger partial charge in [0.05, 0.1) is 0 Å². The van der Waals surface area contributed by atoms with Gasteiger partial charge in [-0.05, 0) is 27.1 Å². The van der Waals surface area contributed by atoms with Gasteiger partial charge in [0.1, 0.15) is 12.6 Å². The second-order valence-electron chi connectivity index (χ2n) is 4.35. The average Bonchev–Trinajstić information content (AvgIpc) is 2.52. The molecule has 21 heavy (non-hydrogen) atoms. The topological polar surface area (TPSA) is 55.4 Å². The zero-order valence-corrected chi connectivity index (χ0v) is 12.7. The zero-order valence-electron chi connectivity index (χ0n) is 11.2. The van der Waals surface area contributed by atoms with E-state index in [4.69, 9.17) is 4.74 Å². The maximum absolute atomic E-state index is 11.8. The second-order valence-corrected chi connectivity index (χ2v) is 5.14. The van der Waals surface area contributed by atoms with Crippen LogP contribution in [-0.2, 0) is 16.1 Å². The van der Waals surface area contributed by atoms with Gasteiger partial charge in [0.15, 0.2) is 0 Å². The van der Waals surface area contributed by atoms with Crippen molar-refractivity contribution in [1.29, 1.82) is 0 Å². The number of hydrogen-bond acceptors (Lipinski definition) is 3. The molecule has 0 bridgehead atoms. The first kappa shape index (κ1) is 15.3. The predicted molar refractivity (Wildman–Crippen MR) is 82.9 cm³/mol. The van der Waals surface area contributed by atoms with Crippen LogP contribution in [0.4, 0.5) is 4.79 Å². The summed E-state index contributed by atoms with van der Waals surface area (Å²) in [4.78, 5) is 23.4. The number of benzene rings is 2. The van der Waals surface area contributed by atoms with E-state index in [1.807, 2.05) is 36.4 Å². The largest absolute Gasteiger partial charge is 0.445 e. The highest BCUT2D eigenvalue weighted by atomic mass is 79.9. The highest BCUT2D eigenvalue weighted by Crippen LogP contribution is 2.16. The summed E-state index contributed by atoms with van der Waals surface area (Å²) in [5.41, 5.74) is 1.57. The van der Waals surface area contributed by atoms with E-state index < -0.39 is 12.1 Å². The summed E-state index contributed by atoms with van der Waals surface area (Å²) in [5.74, 6) is 0. The van der Waals surface area contributed by atoms with Crippen LogP contribution in [0.1, 0.15) is 17.2 Å². The maximum atomic E-state index is 11.8. The molecule has 0 aliphatic carbocycles. The van der Waals surface area contributed by atoms with Crippen LogP contribution in [-0.4, -0.2) is 10.8 Å². The Bertz CT molecular complexity index is 601. The molecule has 1 unspecified atom stereocenters. The van der Waals surface area contributed by atoms with Crippen molar-refractivity contribution in [2.24, 2.45) is 0 Å². The first-order chi connectivity index (χ1) is 10.2. The van der Waals surface area contributed by atoms with Crippen molar-refractivity contribution in [3.8, 4) is 0 Å². The van der Waals surface area contributed by atoms with Crippen molar-refractivity contribution < 1.29 is 14.3 Å². The third-order valence-electron chi connectivity index (χ3n) is 2.83. The highest BCUT2D eigenvalue weighted by Gasteiger charge is 2.20. The lowest BCUT2D eigenvalue weighted by Gasteiger charge is -2.15. The van der Waals surface area contributed by atoms with Crippen molar-refractivity contribution in [2.45, 2.75) is 12.6 Å². The van der Waals surface area contributed by atoms with Gasteiger partial charge in [-0.15, -0.1) is 0 Å². The number of nitrogens with one attached hydrogen (secondary N) is 1. The number of hydrogen-bond donors (Lipinski definition) is 1. The summed E-state index contributed by atoms with van der Waals surface area (Å²) in [7, 11) is 0. The molecule has 2 aromatic rings. The normalized spacial score (nSPS) is 11.5. The van der Waals surface area contributed by atoms with E-state index in [1.165, 1.54) is 0 Å². The number of alkyl carbamates (subject to hydrolysis) is 1. The molecule has 0 aliphatic heterocycles. The maximum Gasteiger partial charge on any atom is 0.408 e. The van der Waals surface area contributed by atoms with Crippen molar-refractivity contribution in [1.82, 2.24) is 5.32 Å². The Balaban J connectivity index is 1.95. The number of carbonyl (C=O) groups is 2. The number of rotatable bonds is 5. The number of halogens is 1. The molecule has 1 N–H and O–H groups in total. The molecule has 0 fully saturated rings. The molecule has 4 nitrogen and oxygen atoms in total. The van der Waals surface area contributed by atoms with Gasteiger partial charge in [0.2, 0.25) is 4.69 Å². The number of amides is 1. The Hall–Kier alpha value is -2.14. The van der Waals surface area contributed by atoms with Gasteiger partial charge in [-0.25, -0.2) is 4.79 Å². The molecular formula is C16H14BrNO3. The van der Waals surface area contributed by atoms with E-state index in [1.54, 1.807) is 24.3 Å². The minimum atomic E-state index is -0.769. The van der Waals surface area contributed by atoms with Gasteiger partial charge in [0.25, 0.3) is 0 Å². The van der Waals surface area contributed by atoms with Gasteiger partial charge >= 0.3 is 6.09 Å². The highest BCUT2D eigenvalue weighted by molar-refractivity contribution is 9.18. The van der Waals surface area contributed by atoms with Crippen LogP contribution in [0.5, 0.6) is 0 Å². The van der Waals surface area contributed by atoms with Gasteiger partial charge in [-0.3, -0.25) is 4.79 Å². The monoisotopic (exact) mass is 347 g/mol. The van der Waals surface area contributed by atoms with Crippen molar-refractivity contribution in [3.05, 3.63) is 71.8 Å². The number of ether oxygens (including phenoxy) is 1. The lowest BCUT2D eigenvalue weighted by atomic mass is 10.1. The Labute approximate surface area is 131 Å². The predicted octanol–water partition coefficient (Wildman–Crippen LogP) is 3.58. The molecule has 0 aliphatic rings. The summed E-state index contributed by atoms with van der Waals surface area (Å²) < 4.78 is 4.78. The van der Waals surface area contributed by atoms with Gasteiger partial charge in [-0.1, -0.05) is 60.7 Å². The standard InChI is InChI=1S/C16H14BrNO3/c17-15(19)14(13-9-5-2-6-10-13)18-16(20)21-11-12-7-3-1-4-8-12/h1-10,14H,11H2,(H,18,20). The van der Waals surface area contributed by atoms with Crippen molar-refractivity contribution in [2.75, 3.05) is 0 Å². The van der Waals surface area contributed by atoms with E-state index in [0.717, 1.165) is 5.56 Å². The Morgan fingerprint density at radius 1 is 1.00 bits per heavy atom. The fourth-order valence-corrected chi connectivity index (χ4v) is 2.18. The summed E-state index contributed by atoms with van der Waals surface area (Å²) in [5, 5.41) is 2.55. The second kappa shape index (κ2) is 7.59. The molecule has 2 aromatic carbocycles. The van der Waals surface area contributed by atoms with Gasteiger partial charge in [0, 0.05) is 0 Å². The van der Waals surface area contributed by atoms with Crippen LogP contribution in [0.15, 0.2) is 60.7 Å². The Morgan fingerprint density at radius 2 is 1.57 bits per heavy atom. The van der Waals surface area contributed by atoms with Crippen LogP contribution < -0.4 is 5.32 Å². The van der Waals surface area contributed by atoms with Crippen molar-refractivity contribution in [3.63, 3.8) is 0 Å². The van der Waals surface area contributed by atoms with E-state index in [2.05, 4.69) is 21.2 Å². The molecule has 0 saturated heterocycles. The summed E-state index contributed by atoms with van der Waals surface area (Å²) in [6.45, 7) is 0.157. The molecule has 5 heteroatoms. The third kappa shape index (κ3) is 4.72. The molecular weight excluding hydrogens is 334 g/mol. The average molecular weight is 348 g/mol. The van der Waals surface area contributed by atoms with E-state index in [0.29, 0.717) is 5.56 Å². The molecule has 0 aromatic heterocycles. The van der Waals surface area contributed by atoms with Crippen molar-refractivity contribution >= 4 is 26.7 Å². The fraction of sp³-hybridized carbons (Fsp3) is 0.125. The minimum Gasteiger partial charge on any atom is -0.445 e. The minimum absolute atomic E-state index is 0.157. The van der Waals surface area contributed by atoms with E-state index in [-0.39, 0.29) is 11.3 Å².